The summed E-state index contributed by atoms with van der Waals surface area (Å²) in [6.45, 7) is 4.30. The topological polar surface area (TPSA) is 83.4 Å². The molecule has 3 aromatic rings. The lowest BCUT2D eigenvalue weighted by molar-refractivity contribution is 0.0600. The fraction of sp³-hybridized carbons (Fsp3) is 0.412. The molecule has 8 heteroatoms. The summed E-state index contributed by atoms with van der Waals surface area (Å²) in [6, 6.07) is 1.79. The van der Waals surface area contributed by atoms with E-state index >= 15 is 0 Å². The van der Waals surface area contributed by atoms with E-state index in [9.17, 15) is 9.59 Å². The number of piperidine rings is 1. The van der Waals surface area contributed by atoms with Gasteiger partial charge in [-0.25, -0.2) is 14.5 Å². The van der Waals surface area contributed by atoms with Crippen molar-refractivity contribution in [3.8, 4) is 0 Å². The first kappa shape index (κ1) is 16.0. The number of aromatic nitrogens is 4. The second-order valence-corrected chi connectivity index (χ2v) is 7.13. The highest BCUT2D eigenvalue weighted by Gasteiger charge is 2.31. The number of rotatable bonds is 2. The predicted octanol–water partition coefficient (Wildman–Crippen LogP) is 2.46. The lowest BCUT2D eigenvalue weighted by atomic mass is 9.99. The van der Waals surface area contributed by atoms with Crippen molar-refractivity contribution in [2.75, 3.05) is 6.54 Å². The van der Waals surface area contributed by atoms with Crippen molar-refractivity contribution in [3.63, 3.8) is 0 Å². The Morgan fingerprint density at radius 1 is 1.36 bits per heavy atom. The zero-order valence-corrected chi connectivity index (χ0v) is 15.0. The third kappa shape index (κ3) is 2.66. The molecular formula is C17H19N5O2S. The molecule has 1 amide bonds. The number of carbonyl (C=O) groups excluding carboxylic acids is 1. The van der Waals surface area contributed by atoms with Gasteiger partial charge in [0.2, 0.25) is 0 Å². The number of aryl methyl sites for hydroxylation is 1. The number of hydrogen-bond donors (Lipinski definition) is 1. The summed E-state index contributed by atoms with van der Waals surface area (Å²) < 4.78 is 1.47. The van der Waals surface area contributed by atoms with Crippen molar-refractivity contribution in [2.24, 2.45) is 0 Å². The average molecular weight is 357 g/mol. The minimum atomic E-state index is -0.0954. The smallest absolute Gasteiger partial charge is 0.275 e. The minimum Gasteiger partial charge on any atom is -0.329 e. The Morgan fingerprint density at radius 3 is 2.96 bits per heavy atom. The molecule has 130 valence electrons. The summed E-state index contributed by atoms with van der Waals surface area (Å²) in [4.78, 5) is 35.8. The zero-order chi connectivity index (χ0) is 17.6. The maximum atomic E-state index is 12.8. The van der Waals surface area contributed by atoms with E-state index < -0.39 is 0 Å². The highest BCUT2D eigenvalue weighted by Crippen LogP contribution is 2.31. The predicted molar refractivity (Wildman–Crippen MR) is 95.0 cm³/mol. The number of likely N-dealkylation sites (tertiary alicyclic amines) is 1. The Bertz CT molecular complexity index is 989. The normalized spacial score (nSPS) is 18.0. The largest absolute Gasteiger partial charge is 0.329 e. The molecule has 25 heavy (non-hydrogen) atoms. The van der Waals surface area contributed by atoms with E-state index in [-0.39, 0.29) is 17.5 Å². The van der Waals surface area contributed by atoms with Gasteiger partial charge in [0.25, 0.3) is 11.5 Å². The van der Waals surface area contributed by atoms with E-state index in [2.05, 4.69) is 15.1 Å². The van der Waals surface area contributed by atoms with Gasteiger partial charge in [-0.05, 0) is 33.1 Å². The van der Waals surface area contributed by atoms with Crippen LogP contribution in [0.1, 0.15) is 52.7 Å². The van der Waals surface area contributed by atoms with Gasteiger partial charge < -0.3 is 4.90 Å². The first-order chi connectivity index (χ1) is 12.1. The third-order valence-electron chi connectivity index (χ3n) is 4.88. The van der Waals surface area contributed by atoms with Gasteiger partial charge >= 0.3 is 0 Å². The van der Waals surface area contributed by atoms with Crippen LogP contribution in [-0.4, -0.2) is 36.9 Å². The molecule has 0 unspecified atom stereocenters. The maximum absolute atomic E-state index is 12.8. The molecule has 1 saturated heterocycles. The molecule has 1 N–H and O–H groups in total. The van der Waals surface area contributed by atoms with E-state index in [1.807, 2.05) is 17.9 Å². The second-order valence-electron chi connectivity index (χ2n) is 6.42. The first-order valence-electron chi connectivity index (χ1n) is 8.34. The van der Waals surface area contributed by atoms with Gasteiger partial charge in [0, 0.05) is 29.2 Å². The van der Waals surface area contributed by atoms with Crippen LogP contribution in [0.25, 0.3) is 5.65 Å². The summed E-state index contributed by atoms with van der Waals surface area (Å²) >= 11 is 1.42. The standard InChI is InChI=1S/C17H19N5O2S/c1-10-11(2)19-15-7-12(20-22(15)16(10)23)14-5-3-4-6-21(14)17(24)13-8-25-9-18-13/h7-9,14,20H,3-6H2,1-2H3/t14-/m0/s1. The van der Waals surface area contributed by atoms with Crippen LogP contribution in [0, 0.1) is 13.8 Å². The van der Waals surface area contributed by atoms with Crippen LogP contribution >= 0.6 is 11.3 Å². The molecule has 0 aromatic carbocycles. The van der Waals surface area contributed by atoms with E-state index in [4.69, 9.17) is 0 Å². The molecule has 7 nitrogen and oxygen atoms in total. The van der Waals surface area contributed by atoms with Crippen LogP contribution in [0.15, 0.2) is 21.8 Å². The summed E-state index contributed by atoms with van der Waals surface area (Å²) in [6.07, 6.45) is 2.87. The van der Waals surface area contributed by atoms with Crippen LogP contribution in [0.3, 0.4) is 0 Å². The fourth-order valence-corrected chi connectivity index (χ4v) is 3.90. The van der Waals surface area contributed by atoms with Gasteiger partial charge in [-0.3, -0.25) is 14.7 Å². The summed E-state index contributed by atoms with van der Waals surface area (Å²) in [7, 11) is 0. The van der Waals surface area contributed by atoms with E-state index in [0.29, 0.717) is 23.4 Å². The van der Waals surface area contributed by atoms with Crippen LogP contribution in [0.2, 0.25) is 0 Å². The van der Waals surface area contributed by atoms with Crippen molar-refractivity contribution in [3.05, 3.63) is 50.0 Å². The van der Waals surface area contributed by atoms with Gasteiger partial charge in [0.05, 0.1) is 17.2 Å². The third-order valence-corrected chi connectivity index (χ3v) is 5.46. The Hall–Kier alpha value is -2.48. The van der Waals surface area contributed by atoms with Gasteiger partial charge in [0.1, 0.15) is 5.69 Å². The molecule has 1 fully saturated rings. The first-order valence-corrected chi connectivity index (χ1v) is 9.28. The number of H-pyrrole nitrogens is 1. The number of hydrogen-bond acceptors (Lipinski definition) is 5. The molecule has 0 radical (unpaired) electrons. The van der Waals surface area contributed by atoms with Crippen LogP contribution < -0.4 is 5.56 Å². The van der Waals surface area contributed by atoms with Crippen LogP contribution in [0.5, 0.6) is 0 Å². The molecule has 1 atom stereocenters. The Balaban J connectivity index is 1.76. The lowest BCUT2D eigenvalue weighted by Crippen LogP contribution is -2.39. The monoisotopic (exact) mass is 357 g/mol. The average Bonchev–Trinajstić information content (AvgIpc) is 3.29. The number of nitrogens with zero attached hydrogens (tertiary/aromatic N) is 4. The molecule has 0 aliphatic carbocycles. The van der Waals surface area contributed by atoms with E-state index in [0.717, 1.165) is 30.7 Å². The number of carbonyl (C=O) groups is 1. The van der Waals surface area contributed by atoms with Gasteiger partial charge in [-0.15, -0.1) is 11.3 Å². The molecule has 0 saturated carbocycles. The lowest BCUT2D eigenvalue weighted by Gasteiger charge is -2.34. The van der Waals surface area contributed by atoms with E-state index in [1.165, 1.54) is 15.9 Å². The Kier molecular flexibility index (Phi) is 3.91. The molecule has 1 aliphatic heterocycles. The van der Waals surface area contributed by atoms with Crippen LogP contribution in [-0.2, 0) is 0 Å². The van der Waals surface area contributed by atoms with Gasteiger partial charge in [0.15, 0.2) is 5.65 Å². The van der Waals surface area contributed by atoms with Gasteiger partial charge in [-0.1, -0.05) is 0 Å². The molecule has 3 aromatic heterocycles. The second kappa shape index (κ2) is 6.11. The van der Waals surface area contributed by atoms with Crippen molar-refractivity contribution in [2.45, 2.75) is 39.2 Å². The SMILES string of the molecule is Cc1nc2cc([C@@H]3CCCCN3C(=O)c3cscn3)[nH]n2c(=O)c1C. The summed E-state index contributed by atoms with van der Waals surface area (Å²) in [5.74, 6) is -0.0581. The molecular weight excluding hydrogens is 338 g/mol. The number of thiazole rings is 1. The highest BCUT2D eigenvalue weighted by atomic mass is 32.1. The molecule has 0 bridgehead atoms. The number of aromatic amines is 1. The number of nitrogens with one attached hydrogen (secondary N) is 1. The van der Waals surface area contributed by atoms with E-state index in [1.54, 1.807) is 17.8 Å². The molecule has 0 spiro atoms. The maximum Gasteiger partial charge on any atom is 0.275 e. The quantitative estimate of drug-likeness (QED) is 0.764. The number of amides is 1. The van der Waals surface area contributed by atoms with Crippen molar-refractivity contribution >= 4 is 22.9 Å². The number of fused-ring (bicyclic) bond motifs is 1. The van der Waals surface area contributed by atoms with Crippen molar-refractivity contribution in [1.82, 2.24) is 24.5 Å². The Morgan fingerprint density at radius 2 is 2.20 bits per heavy atom. The molecule has 4 heterocycles. The minimum absolute atomic E-state index is 0.0581. The van der Waals surface area contributed by atoms with Crippen molar-refractivity contribution in [1.29, 1.82) is 0 Å². The highest BCUT2D eigenvalue weighted by molar-refractivity contribution is 7.07. The summed E-state index contributed by atoms with van der Waals surface area (Å²) in [5, 5.41) is 4.94. The fourth-order valence-electron chi connectivity index (χ4n) is 3.37. The van der Waals surface area contributed by atoms with Gasteiger partial charge in [-0.2, -0.15) is 0 Å². The van der Waals surface area contributed by atoms with Crippen molar-refractivity contribution < 1.29 is 4.79 Å². The Labute approximate surface area is 148 Å². The molecule has 4 rings (SSSR count). The zero-order valence-electron chi connectivity index (χ0n) is 14.2. The molecule has 1 aliphatic rings. The summed E-state index contributed by atoms with van der Waals surface area (Å²) in [5.41, 5.74) is 4.86. The van der Waals surface area contributed by atoms with Crippen LogP contribution in [0.4, 0.5) is 0 Å².